The number of hydrogen-bond donors (Lipinski definition) is 1. The third-order valence-corrected chi connectivity index (χ3v) is 4.00. The first-order chi connectivity index (χ1) is 9.32. The number of nitrogens with one attached hydrogen (secondary N) is 1. The van der Waals surface area contributed by atoms with E-state index in [2.05, 4.69) is 15.2 Å². The van der Waals surface area contributed by atoms with E-state index < -0.39 is 5.60 Å². The van der Waals surface area contributed by atoms with Crippen molar-refractivity contribution in [2.45, 2.75) is 45.4 Å². The second-order valence-corrected chi connectivity index (χ2v) is 7.64. The number of thiazole rings is 1. The first-order valence-electron chi connectivity index (χ1n) is 6.64. The lowest BCUT2D eigenvalue weighted by Crippen LogP contribution is -2.40. The number of aromatic nitrogens is 1. The highest BCUT2D eigenvalue weighted by atomic mass is 35.5. The molecule has 1 amide bonds. The van der Waals surface area contributed by atoms with Gasteiger partial charge in [0, 0.05) is 36.8 Å². The standard InChI is InChI=1S/C13H20ClN3O2S/c1-13(2,3)19-12(18)16-9-4-5-17(7-9)8-10-6-15-11(14)20-10/h6,9H,4-5,7-8H2,1-3H3,(H,16,18). The molecule has 1 N–H and O–H groups in total. The predicted octanol–water partition coefficient (Wildman–Crippen LogP) is 2.90. The maximum atomic E-state index is 11.7. The Morgan fingerprint density at radius 1 is 1.65 bits per heavy atom. The first kappa shape index (κ1) is 15.5. The van der Waals surface area contributed by atoms with E-state index in [1.54, 1.807) is 0 Å². The summed E-state index contributed by atoms with van der Waals surface area (Å²) >= 11 is 7.32. The van der Waals surface area contributed by atoms with Gasteiger partial charge in [-0.25, -0.2) is 9.78 Å². The Balaban J connectivity index is 1.76. The molecular weight excluding hydrogens is 298 g/mol. The minimum absolute atomic E-state index is 0.147. The molecule has 0 bridgehead atoms. The van der Waals surface area contributed by atoms with Crippen molar-refractivity contribution in [3.63, 3.8) is 0 Å². The highest BCUT2D eigenvalue weighted by Crippen LogP contribution is 2.21. The van der Waals surface area contributed by atoms with Crippen molar-refractivity contribution < 1.29 is 9.53 Å². The van der Waals surface area contributed by atoms with Crippen LogP contribution in [0.2, 0.25) is 4.47 Å². The van der Waals surface area contributed by atoms with Crippen LogP contribution in [0, 0.1) is 0 Å². The predicted molar refractivity (Wildman–Crippen MR) is 80.2 cm³/mol. The molecule has 7 heteroatoms. The third kappa shape index (κ3) is 4.92. The molecule has 1 aromatic heterocycles. The van der Waals surface area contributed by atoms with Crippen LogP contribution >= 0.6 is 22.9 Å². The molecule has 1 atom stereocenters. The maximum Gasteiger partial charge on any atom is 0.407 e. The summed E-state index contributed by atoms with van der Waals surface area (Å²) in [4.78, 5) is 19.2. The van der Waals surface area contributed by atoms with Gasteiger partial charge in [-0.1, -0.05) is 11.6 Å². The van der Waals surface area contributed by atoms with Gasteiger partial charge in [0.05, 0.1) is 0 Å². The molecule has 20 heavy (non-hydrogen) atoms. The summed E-state index contributed by atoms with van der Waals surface area (Å²) < 4.78 is 5.83. The van der Waals surface area contributed by atoms with Gasteiger partial charge in [-0.3, -0.25) is 4.90 Å². The summed E-state index contributed by atoms with van der Waals surface area (Å²) in [5.41, 5.74) is -0.457. The summed E-state index contributed by atoms with van der Waals surface area (Å²) in [6.45, 7) is 8.20. The number of carbonyl (C=O) groups excluding carboxylic acids is 1. The largest absolute Gasteiger partial charge is 0.444 e. The van der Waals surface area contributed by atoms with Crippen LogP contribution in [0.5, 0.6) is 0 Å². The van der Waals surface area contributed by atoms with E-state index in [9.17, 15) is 4.79 Å². The number of alkyl carbamates (subject to hydrolysis) is 1. The zero-order chi connectivity index (χ0) is 14.8. The summed E-state index contributed by atoms with van der Waals surface area (Å²) in [5, 5.41) is 2.92. The fraction of sp³-hybridized carbons (Fsp3) is 0.692. The Kier molecular flexibility index (Phi) is 4.88. The molecule has 1 aliphatic rings. The van der Waals surface area contributed by atoms with Gasteiger partial charge in [0.25, 0.3) is 0 Å². The van der Waals surface area contributed by atoms with Crippen LogP contribution in [0.25, 0.3) is 0 Å². The van der Waals surface area contributed by atoms with Gasteiger partial charge in [-0.15, -0.1) is 11.3 Å². The van der Waals surface area contributed by atoms with Crippen LogP contribution in [0.3, 0.4) is 0 Å². The van der Waals surface area contributed by atoms with Gasteiger partial charge in [0.2, 0.25) is 0 Å². The number of rotatable bonds is 3. The number of amides is 1. The molecule has 1 saturated heterocycles. The average molecular weight is 318 g/mol. The molecule has 0 aliphatic carbocycles. The Morgan fingerprint density at radius 3 is 3.00 bits per heavy atom. The topological polar surface area (TPSA) is 54.5 Å². The molecular formula is C13H20ClN3O2S. The normalized spacial score (nSPS) is 20.1. The van der Waals surface area contributed by atoms with Crippen molar-refractivity contribution in [1.82, 2.24) is 15.2 Å². The van der Waals surface area contributed by atoms with Crippen LogP contribution < -0.4 is 5.32 Å². The van der Waals surface area contributed by atoms with Gasteiger partial charge >= 0.3 is 6.09 Å². The molecule has 5 nitrogen and oxygen atoms in total. The van der Waals surface area contributed by atoms with Crippen molar-refractivity contribution in [3.8, 4) is 0 Å². The number of ether oxygens (including phenoxy) is 1. The quantitative estimate of drug-likeness (QED) is 0.931. The molecule has 0 aromatic carbocycles. The van der Waals surface area contributed by atoms with Crippen molar-refractivity contribution >= 4 is 29.0 Å². The summed E-state index contributed by atoms with van der Waals surface area (Å²) in [5.74, 6) is 0. The van der Waals surface area contributed by atoms with Gasteiger partial charge in [-0.2, -0.15) is 0 Å². The molecule has 2 rings (SSSR count). The minimum Gasteiger partial charge on any atom is -0.444 e. The second-order valence-electron chi connectivity index (χ2n) is 5.95. The van der Waals surface area contributed by atoms with E-state index in [0.717, 1.165) is 30.9 Å². The number of nitrogens with zero attached hydrogens (tertiary/aromatic N) is 2. The molecule has 2 heterocycles. The molecule has 1 unspecified atom stereocenters. The molecule has 0 spiro atoms. The summed E-state index contributed by atoms with van der Waals surface area (Å²) in [7, 11) is 0. The van der Waals surface area contributed by atoms with E-state index in [-0.39, 0.29) is 12.1 Å². The van der Waals surface area contributed by atoms with E-state index in [1.807, 2.05) is 27.0 Å². The molecule has 1 aliphatic heterocycles. The lowest BCUT2D eigenvalue weighted by molar-refractivity contribution is 0.0506. The zero-order valence-corrected chi connectivity index (χ0v) is 13.6. The first-order valence-corrected chi connectivity index (χ1v) is 7.83. The highest BCUT2D eigenvalue weighted by molar-refractivity contribution is 7.15. The van der Waals surface area contributed by atoms with E-state index in [1.165, 1.54) is 11.3 Å². The van der Waals surface area contributed by atoms with Crippen molar-refractivity contribution in [2.24, 2.45) is 0 Å². The average Bonchev–Trinajstić information content (AvgIpc) is 2.86. The Labute approximate surface area is 128 Å². The van der Waals surface area contributed by atoms with Crippen molar-refractivity contribution in [1.29, 1.82) is 0 Å². The van der Waals surface area contributed by atoms with E-state index in [0.29, 0.717) is 4.47 Å². The third-order valence-electron chi connectivity index (χ3n) is 2.90. The lowest BCUT2D eigenvalue weighted by Gasteiger charge is -2.22. The highest BCUT2D eigenvalue weighted by Gasteiger charge is 2.26. The molecule has 112 valence electrons. The van der Waals surface area contributed by atoms with Crippen LogP contribution in [0.15, 0.2) is 6.20 Å². The number of likely N-dealkylation sites (tertiary alicyclic amines) is 1. The van der Waals surface area contributed by atoms with Crippen LogP contribution in [0.1, 0.15) is 32.1 Å². The summed E-state index contributed by atoms with van der Waals surface area (Å²) in [6, 6.07) is 0.147. The molecule has 1 aromatic rings. The number of halogens is 1. The molecule has 1 fully saturated rings. The van der Waals surface area contributed by atoms with Gasteiger partial charge in [0.15, 0.2) is 4.47 Å². The van der Waals surface area contributed by atoms with E-state index >= 15 is 0 Å². The number of hydrogen-bond acceptors (Lipinski definition) is 5. The van der Waals surface area contributed by atoms with Crippen LogP contribution in [-0.4, -0.2) is 40.7 Å². The summed E-state index contributed by atoms with van der Waals surface area (Å²) in [6.07, 6.45) is 2.40. The fourth-order valence-corrected chi connectivity index (χ4v) is 3.17. The van der Waals surface area contributed by atoms with Gasteiger partial charge < -0.3 is 10.1 Å². The second kappa shape index (κ2) is 6.28. The maximum absolute atomic E-state index is 11.7. The van der Waals surface area contributed by atoms with Gasteiger partial charge in [-0.05, 0) is 27.2 Å². The smallest absolute Gasteiger partial charge is 0.407 e. The SMILES string of the molecule is CC(C)(C)OC(=O)NC1CCN(Cc2cnc(Cl)s2)C1. The Hall–Kier alpha value is -0.850. The molecule has 0 radical (unpaired) electrons. The van der Waals surface area contributed by atoms with Crippen molar-refractivity contribution in [2.75, 3.05) is 13.1 Å². The fourth-order valence-electron chi connectivity index (χ4n) is 2.15. The van der Waals surface area contributed by atoms with Crippen LogP contribution in [0.4, 0.5) is 4.79 Å². The van der Waals surface area contributed by atoms with Gasteiger partial charge in [0.1, 0.15) is 5.60 Å². The number of carbonyl (C=O) groups is 1. The minimum atomic E-state index is -0.457. The van der Waals surface area contributed by atoms with E-state index in [4.69, 9.17) is 16.3 Å². The Morgan fingerprint density at radius 2 is 2.40 bits per heavy atom. The zero-order valence-electron chi connectivity index (χ0n) is 12.0. The van der Waals surface area contributed by atoms with Crippen LogP contribution in [-0.2, 0) is 11.3 Å². The lowest BCUT2D eigenvalue weighted by atomic mass is 10.2. The van der Waals surface area contributed by atoms with Crippen molar-refractivity contribution in [3.05, 3.63) is 15.5 Å². The Bertz CT molecular complexity index is 472. The monoisotopic (exact) mass is 317 g/mol. The molecule has 0 saturated carbocycles.